The number of aliphatic hydroxyl groups is 2. The second-order valence-electron chi connectivity index (χ2n) is 4.20. The van der Waals surface area contributed by atoms with E-state index >= 15 is 0 Å². The molecule has 82 valence electrons. The SMILES string of the molecule is CC/C=C\C[C@@H]1C(O)CC[C@@H]1CCO. The summed E-state index contributed by atoms with van der Waals surface area (Å²) < 4.78 is 0. The molecule has 0 aromatic carbocycles. The van der Waals surface area contributed by atoms with Crippen molar-refractivity contribution in [2.45, 2.75) is 45.1 Å². The van der Waals surface area contributed by atoms with Crippen LogP contribution in [0.25, 0.3) is 0 Å². The monoisotopic (exact) mass is 198 g/mol. The highest BCUT2D eigenvalue weighted by Crippen LogP contribution is 2.36. The van der Waals surface area contributed by atoms with Gasteiger partial charge in [-0.3, -0.25) is 0 Å². The Bertz CT molecular complexity index is 175. The maximum absolute atomic E-state index is 9.77. The quantitative estimate of drug-likeness (QED) is 0.664. The Morgan fingerprint density at radius 1 is 1.29 bits per heavy atom. The van der Waals surface area contributed by atoms with Crippen molar-refractivity contribution in [1.82, 2.24) is 0 Å². The zero-order valence-electron chi connectivity index (χ0n) is 9.02. The van der Waals surface area contributed by atoms with Crippen LogP contribution in [0.5, 0.6) is 0 Å². The highest BCUT2D eigenvalue weighted by Gasteiger charge is 2.33. The van der Waals surface area contributed by atoms with Gasteiger partial charge in [0.1, 0.15) is 0 Å². The molecule has 0 heterocycles. The van der Waals surface area contributed by atoms with Crippen LogP contribution in [0.3, 0.4) is 0 Å². The van der Waals surface area contributed by atoms with Crippen molar-refractivity contribution in [3.05, 3.63) is 12.2 Å². The molecule has 0 bridgehead atoms. The lowest BCUT2D eigenvalue weighted by molar-refractivity contribution is 0.111. The number of rotatable bonds is 5. The van der Waals surface area contributed by atoms with Crippen LogP contribution in [0.4, 0.5) is 0 Å². The first-order valence-corrected chi connectivity index (χ1v) is 5.73. The molecule has 0 spiro atoms. The van der Waals surface area contributed by atoms with Crippen molar-refractivity contribution < 1.29 is 10.2 Å². The van der Waals surface area contributed by atoms with Gasteiger partial charge in [-0.05, 0) is 43.9 Å². The Morgan fingerprint density at radius 2 is 2.07 bits per heavy atom. The number of allylic oxidation sites excluding steroid dienone is 2. The van der Waals surface area contributed by atoms with E-state index in [1.54, 1.807) is 0 Å². The molecule has 1 aliphatic carbocycles. The van der Waals surface area contributed by atoms with Gasteiger partial charge in [0.2, 0.25) is 0 Å². The summed E-state index contributed by atoms with van der Waals surface area (Å²) in [5, 5.41) is 18.7. The van der Waals surface area contributed by atoms with Crippen LogP contribution in [0.2, 0.25) is 0 Å². The molecular formula is C12H22O2. The highest BCUT2D eigenvalue weighted by molar-refractivity contribution is 4.91. The Morgan fingerprint density at radius 3 is 2.71 bits per heavy atom. The van der Waals surface area contributed by atoms with Crippen molar-refractivity contribution in [2.75, 3.05) is 6.61 Å². The first kappa shape index (κ1) is 11.7. The average Bonchev–Trinajstić information content (AvgIpc) is 2.50. The molecule has 1 rings (SSSR count). The number of aliphatic hydroxyl groups excluding tert-OH is 2. The minimum atomic E-state index is -0.145. The van der Waals surface area contributed by atoms with Gasteiger partial charge in [0.05, 0.1) is 6.10 Å². The normalized spacial score (nSPS) is 32.9. The van der Waals surface area contributed by atoms with Gasteiger partial charge in [0.15, 0.2) is 0 Å². The van der Waals surface area contributed by atoms with E-state index in [0.717, 1.165) is 32.1 Å². The van der Waals surface area contributed by atoms with Crippen molar-refractivity contribution in [3.63, 3.8) is 0 Å². The third-order valence-electron chi connectivity index (χ3n) is 3.24. The molecule has 0 aliphatic heterocycles. The molecule has 0 radical (unpaired) electrons. The van der Waals surface area contributed by atoms with Gasteiger partial charge in [0, 0.05) is 6.61 Å². The standard InChI is InChI=1S/C12H22O2/c1-2-3-4-5-11-10(8-9-13)6-7-12(11)14/h3-4,10-14H,2,5-9H2,1H3/b4-3-/t10-,11+,12?/m1/s1. The zero-order chi connectivity index (χ0) is 10.4. The summed E-state index contributed by atoms with van der Waals surface area (Å²) in [5.74, 6) is 0.904. The van der Waals surface area contributed by atoms with E-state index < -0.39 is 0 Å². The van der Waals surface area contributed by atoms with E-state index in [1.807, 2.05) is 0 Å². The number of hydrogen-bond acceptors (Lipinski definition) is 2. The van der Waals surface area contributed by atoms with Crippen LogP contribution in [0, 0.1) is 11.8 Å². The van der Waals surface area contributed by atoms with Crippen LogP contribution in [-0.4, -0.2) is 22.9 Å². The minimum Gasteiger partial charge on any atom is -0.396 e. The highest BCUT2D eigenvalue weighted by atomic mass is 16.3. The van der Waals surface area contributed by atoms with Crippen molar-refractivity contribution in [1.29, 1.82) is 0 Å². The molecule has 14 heavy (non-hydrogen) atoms. The fourth-order valence-corrected chi connectivity index (χ4v) is 2.42. The first-order chi connectivity index (χ1) is 6.79. The fraction of sp³-hybridized carbons (Fsp3) is 0.833. The van der Waals surface area contributed by atoms with Crippen molar-refractivity contribution in [2.24, 2.45) is 11.8 Å². The van der Waals surface area contributed by atoms with E-state index in [1.165, 1.54) is 0 Å². The minimum absolute atomic E-state index is 0.145. The van der Waals surface area contributed by atoms with Gasteiger partial charge in [0.25, 0.3) is 0 Å². The molecule has 0 amide bonds. The molecule has 1 unspecified atom stereocenters. The van der Waals surface area contributed by atoms with Crippen molar-refractivity contribution in [3.8, 4) is 0 Å². The molecule has 0 aromatic rings. The van der Waals surface area contributed by atoms with Gasteiger partial charge in [-0.2, -0.15) is 0 Å². The van der Waals surface area contributed by atoms with Crippen LogP contribution < -0.4 is 0 Å². The summed E-state index contributed by atoms with van der Waals surface area (Å²) >= 11 is 0. The largest absolute Gasteiger partial charge is 0.396 e. The predicted octanol–water partition coefficient (Wildman–Crippen LogP) is 2.11. The molecule has 3 atom stereocenters. The molecule has 1 saturated carbocycles. The van der Waals surface area contributed by atoms with Crippen molar-refractivity contribution >= 4 is 0 Å². The Hall–Kier alpha value is -0.340. The maximum Gasteiger partial charge on any atom is 0.0574 e. The average molecular weight is 198 g/mol. The van der Waals surface area contributed by atoms with Crippen LogP contribution >= 0.6 is 0 Å². The molecular weight excluding hydrogens is 176 g/mol. The summed E-state index contributed by atoms with van der Waals surface area (Å²) in [4.78, 5) is 0. The molecule has 0 saturated heterocycles. The fourth-order valence-electron chi connectivity index (χ4n) is 2.42. The summed E-state index contributed by atoms with van der Waals surface area (Å²) in [6, 6.07) is 0. The van der Waals surface area contributed by atoms with E-state index in [9.17, 15) is 5.11 Å². The Balaban J connectivity index is 2.40. The van der Waals surface area contributed by atoms with Gasteiger partial charge in [-0.25, -0.2) is 0 Å². The smallest absolute Gasteiger partial charge is 0.0574 e. The molecule has 2 N–H and O–H groups in total. The molecule has 1 aliphatic rings. The summed E-state index contributed by atoms with van der Waals surface area (Å²) in [6.07, 6.45) is 9.05. The molecule has 0 aromatic heterocycles. The third-order valence-corrected chi connectivity index (χ3v) is 3.24. The molecule has 2 heteroatoms. The second kappa shape index (κ2) is 6.20. The van der Waals surface area contributed by atoms with Gasteiger partial charge < -0.3 is 10.2 Å². The summed E-state index contributed by atoms with van der Waals surface area (Å²) in [6.45, 7) is 2.37. The third kappa shape index (κ3) is 3.10. The zero-order valence-corrected chi connectivity index (χ0v) is 9.02. The van der Waals surface area contributed by atoms with E-state index in [-0.39, 0.29) is 12.7 Å². The first-order valence-electron chi connectivity index (χ1n) is 5.73. The van der Waals surface area contributed by atoms with Gasteiger partial charge in [-0.1, -0.05) is 19.1 Å². The lowest BCUT2D eigenvalue weighted by Crippen LogP contribution is -2.19. The predicted molar refractivity (Wildman–Crippen MR) is 58.0 cm³/mol. The van der Waals surface area contributed by atoms with Gasteiger partial charge in [-0.15, -0.1) is 0 Å². The molecule has 2 nitrogen and oxygen atoms in total. The maximum atomic E-state index is 9.77. The summed E-state index contributed by atoms with van der Waals surface area (Å²) in [5.41, 5.74) is 0. The van der Waals surface area contributed by atoms with Crippen LogP contribution in [-0.2, 0) is 0 Å². The number of hydrogen-bond donors (Lipinski definition) is 2. The summed E-state index contributed by atoms with van der Waals surface area (Å²) in [7, 11) is 0. The Kier molecular flexibility index (Phi) is 5.20. The Labute approximate surface area is 86.6 Å². The van der Waals surface area contributed by atoms with Gasteiger partial charge >= 0.3 is 0 Å². The molecule has 1 fully saturated rings. The topological polar surface area (TPSA) is 40.5 Å². The van der Waals surface area contributed by atoms with E-state index in [4.69, 9.17) is 5.11 Å². The lowest BCUT2D eigenvalue weighted by atomic mass is 9.89. The second-order valence-corrected chi connectivity index (χ2v) is 4.20. The van der Waals surface area contributed by atoms with E-state index in [2.05, 4.69) is 19.1 Å². The van der Waals surface area contributed by atoms with Crippen LogP contribution in [0.1, 0.15) is 39.0 Å². The van der Waals surface area contributed by atoms with E-state index in [0.29, 0.717) is 11.8 Å². The van der Waals surface area contributed by atoms with Crippen LogP contribution in [0.15, 0.2) is 12.2 Å². The lowest BCUT2D eigenvalue weighted by Gasteiger charge is -2.19.